The van der Waals surface area contributed by atoms with Gasteiger partial charge in [-0.2, -0.15) is 0 Å². The third kappa shape index (κ3) is 2.28. The summed E-state index contributed by atoms with van der Waals surface area (Å²) in [6.07, 6.45) is 0. The summed E-state index contributed by atoms with van der Waals surface area (Å²) in [5.41, 5.74) is 4.03. The molecule has 0 saturated heterocycles. The molecule has 0 fully saturated rings. The van der Waals surface area contributed by atoms with Crippen molar-refractivity contribution in [3.63, 3.8) is 0 Å². The van der Waals surface area contributed by atoms with Gasteiger partial charge in [-0.05, 0) is 29.7 Å². The molecule has 0 spiro atoms. The van der Waals surface area contributed by atoms with E-state index < -0.39 is 0 Å². The highest BCUT2D eigenvalue weighted by molar-refractivity contribution is 6.00. The zero-order valence-electron chi connectivity index (χ0n) is 11.0. The van der Waals surface area contributed by atoms with Crippen molar-refractivity contribution in [1.82, 2.24) is 4.90 Å². The van der Waals surface area contributed by atoms with E-state index in [1.165, 1.54) is 5.56 Å². The fourth-order valence-corrected chi connectivity index (χ4v) is 2.02. The van der Waals surface area contributed by atoms with E-state index in [0.29, 0.717) is 0 Å². The fraction of sp³-hybridized carbons (Fsp3) is 0.188. The first-order chi connectivity index (χ1) is 8.61. The number of carbonyl (C=O) groups excluding carboxylic acids is 1. The van der Waals surface area contributed by atoms with Gasteiger partial charge in [0.25, 0.3) is 5.91 Å². The number of nitrogens with zero attached hydrogens (tertiary/aromatic N) is 1. The maximum absolute atomic E-state index is 12.2. The van der Waals surface area contributed by atoms with Crippen LogP contribution in [0.4, 0.5) is 0 Å². The van der Waals surface area contributed by atoms with Gasteiger partial charge in [0.2, 0.25) is 0 Å². The molecule has 0 bridgehead atoms. The zero-order chi connectivity index (χ0) is 13.1. The molecule has 0 atom stereocenters. The molecule has 2 rings (SSSR count). The first kappa shape index (κ1) is 12.4. The number of amides is 1. The van der Waals surface area contributed by atoms with Gasteiger partial charge in [0.15, 0.2) is 0 Å². The Bertz CT molecular complexity index is 573. The maximum Gasteiger partial charge on any atom is 0.253 e. The standard InChI is InChI=1S/C16H17NO/c1-12-8-4-5-9-13(12)14-10-6-7-11-15(14)16(18)17(2)3/h4-11H,1-3H3. The van der Waals surface area contributed by atoms with Crippen LogP contribution in [-0.4, -0.2) is 24.9 Å². The summed E-state index contributed by atoms with van der Waals surface area (Å²) in [7, 11) is 3.55. The topological polar surface area (TPSA) is 20.3 Å². The summed E-state index contributed by atoms with van der Waals surface area (Å²) in [4.78, 5) is 13.8. The van der Waals surface area contributed by atoms with E-state index in [1.807, 2.05) is 36.4 Å². The van der Waals surface area contributed by atoms with Crippen molar-refractivity contribution in [3.05, 3.63) is 59.7 Å². The molecule has 0 N–H and O–H groups in total. The minimum Gasteiger partial charge on any atom is -0.345 e. The van der Waals surface area contributed by atoms with Crippen LogP contribution in [0.1, 0.15) is 15.9 Å². The molecule has 0 heterocycles. The third-order valence-electron chi connectivity index (χ3n) is 3.00. The SMILES string of the molecule is Cc1ccccc1-c1ccccc1C(=O)N(C)C. The molecule has 0 aliphatic heterocycles. The van der Waals surface area contributed by atoms with E-state index in [-0.39, 0.29) is 5.91 Å². The Hall–Kier alpha value is -2.09. The van der Waals surface area contributed by atoms with Gasteiger partial charge >= 0.3 is 0 Å². The van der Waals surface area contributed by atoms with Crippen LogP contribution < -0.4 is 0 Å². The van der Waals surface area contributed by atoms with E-state index in [4.69, 9.17) is 0 Å². The van der Waals surface area contributed by atoms with Crippen molar-refractivity contribution >= 4 is 5.91 Å². The highest BCUT2D eigenvalue weighted by Gasteiger charge is 2.14. The molecule has 92 valence electrons. The minimum absolute atomic E-state index is 0.0360. The molecule has 1 amide bonds. The third-order valence-corrected chi connectivity index (χ3v) is 3.00. The largest absolute Gasteiger partial charge is 0.345 e. The highest BCUT2D eigenvalue weighted by Crippen LogP contribution is 2.27. The number of aryl methyl sites for hydroxylation is 1. The molecule has 0 aromatic heterocycles. The van der Waals surface area contributed by atoms with Crippen molar-refractivity contribution in [1.29, 1.82) is 0 Å². The van der Waals surface area contributed by atoms with E-state index in [1.54, 1.807) is 19.0 Å². The van der Waals surface area contributed by atoms with Gasteiger partial charge < -0.3 is 4.90 Å². The van der Waals surface area contributed by atoms with Crippen LogP contribution in [0.25, 0.3) is 11.1 Å². The second-order valence-electron chi connectivity index (χ2n) is 4.56. The van der Waals surface area contributed by atoms with Crippen molar-refractivity contribution in [3.8, 4) is 11.1 Å². The number of rotatable bonds is 2. The summed E-state index contributed by atoms with van der Waals surface area (Å²) in [5, 5.41) is 0. The molecule has 0 aliphatic carbocycles. The first-order valence-electron chi connectivity index (χ1n) is 5.98. The Balaban J connectivity index is 2.59. The smallest absolute Gasteiger partial charge is 0.253 e. The molecule has 2 aromatic carbocycles. The van der Waals surface area contributed by atoms with E-state index in [2.05, 4.69) is 19.1 Å². The van der Waals surface area contributed by atoms with Gasteiger partial charge in [-0.15, -0.1) is 0 Å². The predicted molar refractivity (Wildman–Crippen MR) is 74.6 cm³/mol. The van der Waals surface area contributed by atoms with E-state index in [9.17, 15) is 4.79 Å². The van der Waals surface area contributed by atoms with E-state index in [0.717, 1.165) is 16.7 Å². The number of benzene rings is 2. The zero-order valence-corrected chi connectivity index (χ0v) is 11.0. The van der Waals surface area contributed by atoms with Gasteiger partial charge in [0, 0.05) is 19.7 Å². The van der Waals surface area contributed by atoms with Crippen molar-refractivity contribution in [2.75, 3.05) is 14.1 Å². The van der Waals surface area contributed by atoms with Crippen molar-refractivity contribution in [2.24, 2.45) is 0 Å². The Labute approximate surface area is 108 Å². The van der Waals surface area contributed by atoms with Gasteiger partial charge in [0.05, 0.1) is 0 Å². The first-order valence-corrected chi connectivity index (χ1v) is 5.98. The number of hydrogen-bond acceptors (Lipinski definition) is 1. The molecule has 0 radical (unpaired) electrons. The lowest BCUT2D eigenvalue weighted by Crippen LogP contribution is -2.22. The fourth-order valence-electron chi connectivity index (χ4n) is 2.02. The van der Waals surface area contributed by atoms with Crippen LogP contribution in [0.5, 0.6) is 0 Å². The second-order valence-corrected chi connectivity index (χ2v) is 4.56. The van der Waals surface area contributed by atoms with Crippen LogP contribution in [0.15, 0.2) is 48.5 Å². The summed E-state index contributed by atoms with van der Waals surface area (Å²) in [6, 6.07) is 15.9. The van der Waals surface area contributed by atoms with Crippen LogP contribution in [0, 0.1) is 6.92 Å². The van der Waals surface area contributed by atoms with E-state index >= 15 is 0 Å². The number of carbonyl (C=O) groups is 1. The molecule has 0 saturated carbocycles. The lowest BCUT2D eigenvalue weighted by molar-refractivity contribution is 0.0828. The van der Waals surface area contributed by atoms with Gasteiger partial charge in [-0.25, -0.2) is 0 Å². The van der Waals surface area contributed by atoms with Gasteiger partial charge in [-0.1, -0.05) is 42.5 Å². The molecule has 2 aromatic rings. The summed E-state index contributed by atoms with van der Waals surface area (Å²) >= 11 is 0. The second kappa shape index (κ2) is 5.05. The lowest BCUT2D eigenvalue weighted by Gasteiger charge is -2.15. The average Bonchev–Trinajstić information content (AvgIpc) is 2.38. The summed E-state index contributed by atoms with van der Waals surface area (Å²) < 4.78 is 0. The Morgan fingerprint density at radius 3 is 2.06 bits per heavy atom. The molecule has 0 unspecified atom stereocenters. The van der Waals surface area contributed by atoms with Gasteiger partial charge in [0.1, 0.15) is 0 Å². The van der Waals surface area contributed by atoms with Crippen LogP contribution in [-0.2, 0) is 0 Å². The molecular weight excluding hydrogens is 222 g/mol. The lowest BCUT2D eigenvalue weighted by atomic mass is 9.95. The van der Waals surface area contributed by atoms with Crippen molar-refractivity contribution in [2.45, 2.75) is 6.92 Å². The average molecular weight is 239 g/mol. The molecule has 2 nitrogen and oxygen atoms in total. The normalized spacial score (nSPS) is 10.2. The van der Waals surface area contributed by atoms with Crippen molar-refractivity contribution < 1.29 is 4.79 Å². The summed E-state index contributed by atoms with van der Waals surface area (Å²) in [5.74, 6) is 0.0360. The Morgan fingerprint density at radius 2 is 1.44 bits per heavy atom. The minimum atomic E-state index is 0.0360. The van der Waals surface area contributed by atoms with Crippen LogP contribution in [0.2, 0.25) is 0 Å². The molecule has 2 heteroatoms. The molecule has 0 aliphatic rings. The van der Waals surface area contributed by atoms with Gasteiger partial charge in [-0.3, -0.25) is 4.79 Å². The monoisotopic (exact) mass is 239 g/mol. The quantitative estimate of drug-likeness (QED) is 0.787. The summed E-state index contributed by atoms with van der Waals surface area (Å²) in [6.45, 7) is 2.06. The number of hydrogen-bond donors (Lipinski definition) is 0. The molecule has 18 heavy (non-hydrogen) atoms. The van der Waals surface area contributed by atoms with Crippen LogP contribution in [0.3, 0.4) is 0 Å². The molecular formula is C16H17NO. The Kier molecular flexibility index (Phi) is 3.47. The highest BCUT2D eigenvalue weighted by atomic mass is 16.2. The maximum atomic E-state index is 12.2. The van der Waals surface area contributed by atoms with Crippen LogP contribution >= 0.6 is 0 Å². The predicted octanol–water partition coefficient (Wildman–Crippen LogP) is 3.36. The Morgan fingerprint density at radius 1 is 0.889 bits per heavy atom.